The average Bonchev–Trinajstić information content (AvgIpc) is 2.99. The Morgan fingerprint density at radius 1 is 1.15 bits per heavy atom. The standard InChI is InChI=1S/C19H19N3O3S/c1-14-6-9-16(10-7-14)26(24,25)22-13-15(8-11-18(23)21(2)3)17-5-4-12-20-19(17)22/h4-13H,1-3H3/b11-8+. The summed E-state index contributed by atoms with van der Waals surface area (Å²) in [5.41, 5.74) is 1.91. The van der Waals surface area contributed by atoms with Gasteiger partial charge in [-0.2, -0.15) is 0 Å². The van der Waals surface area contributed by atoms with E-state index in [1.54, 1.807) is 62.8 Å². The van der Waals surface area contributed by atoms with Crippen LogP contribution in [0.2, 0.25) is 0 Å². The summed E-state index contributed by atoms with van der Waals surface area (Å²) in [6.45, 7) is 1.90. The molecule has 26 heavy (non-hydrogen) atoms. The van der Waals surface area contributed by atoms with Crippen LogP contribution in [0.4, 0.5) is 0 Å². The van der Waals surface area contributed by atoms with Crippen LogP contribution in [0.3, 0.4) is 0 Å². The van der Waals surface area contributed by atoms with Crippen LogP contribution in [0.15, 0.2) is 59.8 Å². The summed E-state index contributed by atoms with van der Waals surface area (Å²) in [4.78, 5) is 17.7. The molecule has 0 aliphatic carbocycles. The van der Waals surface area contributed by atoms with E-state index in [1.165, 1.54) is 17.2 Å². The second kappa shape index (κ2) is 6.76. The van der Waals surface area contributed by atoms with Gasteiger partial charge in [0.05, 0.1) is 4.90 Å². The number of amides is 1. The summed E-state index contributed by atoms with van der Waals surface area (Å²) in [6, 6.07) is 10.2. The van der Waals surface area contributed by atoms with E-state index >= 15 is 0 Å². The minimum atomic E-state index is -3.79. The number of hydrogen-bond donors (Lipinski definition) is 0. The van der Waals surface area contributed by atoms with E-state index in [2.05, 4.69) is 4.98 Å². The number of aryl methyl sites for hydroxylation is 1. The molecule has 2 aromatic heterocycles. The van der Waals surface area contributed by atoms with Gasteiger partial charge >= 0.3 is 0 Å². The van der Waals surface area contributed by atoms with E-state index in [1.807, 2.05) is 6.92 Å². The van der Waals surface area contributed by atoms with Gasteiger partial charge < -0.3 is 4.90 Å². The predicted octanol–water partition coefficient (Wildman–Crippen LogP) is 2.68. The minimum absolute atomic E-state index is 0.184. The molecule has 0 fully saturated rings. The van der Waals surface area contributed by atoms with Crippen LogP contribution in [0.5, 0.6) is 0 Å². The molecule has 0 saturated heterocycles. The lowest BCUT2D eigenvalue weighted by atomic mass is 10.2. The van der Waals surface area contributed by atoms with Crippen LogP contribution >= 0.6 is 0 Å². The Balaban J connectivity index is 2.15. The molecule has 2 heterocycles. The second-order valence-electron chi connectivity index (χ2n) is 6.14. The summed E-state index contributed by atoms with van der Waals surface area (Å²) >= 11 is 0. The van der Waals surface area contributed by atoms with Crippen LogP contribution in [0.25, 0.3) is 17.1 Å². The number of fused-ring (bicyclic) bond motifs is 1. The second-order valence-corrected chi connectivity index (χ2v) is 7.95. The molecule has 7 heteroatoms. The smallest absolute Gasteiger partial charge is 0.269 e. The van der Waals surface area contributed by atoms with Crippen molar-refractivity contribution in [1.29, 1.82) is 0 Å². The Hall–Kier alpha value is -2.93. The zero-order valence-electron chi connectivity index (χ0n) is 14.7. The number of benzene rings is 1. The van der Waals surface area contributed by atoms with Crippen molar-refractivity contribution in [3.8, 4) is 0 Å². The van der Waals surface area contributed by atoms with Crippen LogP contribution in [-0.4, -0.2) is 42.3 Å². The molecule has 3 rings (SSSR count). The molecule has 0 unspecified atom stereocenters. The highest BCUT2D eigenvalue weighted by molar-refractivity contribution is 7.90. The molecule has 0 N–H and O–H groups in total. The fourth-order valence-electron chi connectivity index (χ4n) is 2.50. The van der Waals surface area contributed by atoms with E-state index in [0.717, 1.165) is 9.54 Å². The molecular formula is C19H19N3O3S. The normalized spacial score (nSPS) is 12.0. The zero-order valence-corrected chi connectivity index (χ0v) is 15.6. The lowest BCUT2D eigenvalue weighted by molar-refractivity contribution is -0.123. The van der Waals surface area contributed by atoms with Gasteiger partial charge in [0.2, 0.25) is 5.91 Å². The summed E-state index contributed by atoms with van der Waals surface area (Å²) in [5.74, 6) is -0.184. The number of nitrogens with zero attached hydrogens (tertiary/aromatic N) is 3. The molecule has 0 aliphatic heterocycles. The first-order chi connectivity index (χ1) is 12.3. The SMILES string of the molecule is Cc1ccc(S(=O)(=O)n2cc(/C=C/C(=O)N(C)C)c3cccnc32)cc1. The molecule has 6 nitrogen and oxygen atoms in total. The third kappa shape index (κ3) is 3.25. The molecule has 3 aromatic rings. The maximum absolute atomic E-state index is 13.0. The van der Waals surface area contributed by atoms with E-state index in [9.17, 15) is 13.2 Å². The number of likely N-dealkylation sites (N-methyl/N-ethyl adjacent to an activating group) is 1. The molecule has 0 atom stereocenters. The van der Waals surface area contributed by atoms with Crippen LogP contribution in [0, 0.1) is 6.92 Å². The Morgan fingerprint density at radius 2 is 1.85 bits per heavy atom. The highest BCUT2D eigenvalue weighted by atomic mass is 32.2. The summed E-state index contributed by atoms with van der Waals surface area (Å²) in [7, 11) is -0.487. The maximum Gasteiger partial charge on any atom is 0.269 e. The number of rotatable bonds is 4. The molecule has 134 valence electrons. The van der Waals surface area contributed by atoms with Crippen molar-refractivity contribution < 1.29 is 13.2 Å². The van der Waals surface area contributed by atoms with Gasteiger partial charge in [-0.1, -0.05) is 17.7 Å². The number of carbonyl (C=O) groups excluding carboxylic acids is 1. The average molecular weight is 369 g/mol. The molecule has 1 amide bonds. The van der Waals surface area contributed by atoms with Crippen LogP contribution in [0.1, 0.15) is 11.1 Å². The fraction of sp³-hybridized carbons (Fsp3) is 0.158. The monoisotopic (exact) mass is 369 g/mol. The van der Waals surface area contributed by atoms with E-state index in [0.29, 0.717) is 16.6 Å². The Kier molecular flexibility index (Phi) is 4.65. The highest BCUT2D eigenvalue weighted by Gasteiger charge is 2.21. The third-order valence-electron chi connectivity index (χ3n) is 3.99. The van der Waals surface area contributed by atoms with E-state index in [-0.39, 0.29) is 10.8 Å². The molecule has 0 aliphatic rings. The van der Waals surface area contributed by atoms with Gasteiger partial charge in [-0.3, -0.25) is 4.79 Å². The molecule has 1 aromatic carbocycles. The first kappa shape index (κ1) is 17.9. The third-order valence-corrected chi connectivity index (χ3v) is 5.65. The fourth-order valence-corrected chi connectivity index (χ4v) is 3.84. The summed E-state index contributed by atoms with van der Waals surface area (Å²) < 4.78 is 27.2. The lowest BCUT2D eigenvalue weighted by Gasteiger charge is -2.07. The van der Waals surface area contributed by atoms with E-state index < -0.39 is 10.0 Å². The number of hydrogen-bond acceptors (Lipinski definition) is 4. The van der Waals surface area contributed by atoms with Crippen LogP contribution < -0.4 is 0 Å². The van der Waals surface area contributed by atoms with Crippen molar-refractivity contribution in [2.24, 2.45) is 0 Å². The van der Waals surface area contributed by atoms with Gasteiger partial charge in [0.25, 0.3) is 10.0 Å². The molecule has 0 bridgehead atoms. The van der Waals surface area contributed by atoms with Gasteiger partial charge in [-0.25, -0.2) is 17.4 Å². The Bertz CT molecular complexity index is 1090. The van der Waals surface area contributed by atoms with Gasteiger partial charge in [0.1, 0.15) is 0 Å². The van der Waals surface area contributed by atoms with E-state index in [4.69, 9.17) is 0 Å². The Morgan fingerprint density at radius 3 is 2.50 bits per heavy atom. The van der Waals surface area contributed by atoms with Crippen molar-refractivity contribution in [3.63, 3.8) is 0 Å². The maximum atomic E-state index is 13.0. The summed E-state index contributed by atoms with van der Waals surface area (Å²) in [5, 5.41) is 0.658. The minimum Gasteiger partial charge on any atom is -0.345 e. The molecular weight excluding hydrogens is 350 g/mol. The molecule has 0 radical (unpaired) electrons. The first-order valence-corrected chi connectivity index (χ1v) is 9.42. The van der Waals surface area contributed by atoms with Crippen LogP contribution in [-0.2, 0) is 14.8 Å². The number of carbonyl (C=O) groups is 1. The van der Waals surface area contributed by atoms with Gasteiger partial charge in [0, 0.05) is 43.5 Å². The topological polar surface area (TPSA) is 72.3 Å². The van der Waals surface area contributed by atoms with Gasteiger partial charge in [0.15, 0.2) is 5.65 Å². The zero-order chi connectivity index (χ0) is 18.9. The number of aromatic nitrogens is 2. The van der Waals surface area contributed by atoms with Crippen molar-refractivity contribution in [3.05, 3.63) is 66.0 Å². The van der Waals surface area contributed by atoms with Crippen molar-refractivity contribution in [2.45, 2.75) is 11.8 Å². The first-order valence-electron chi connectivity index (χ1n) is 7.98. The molecule has 0 spiro atoms. The van der Waals surface area contributed by atoms with Gasteiger partial charge in [-0.05, 0) is 37.3 Å². The van der Waals surface area contributed by atoms with Crippen molar-refractivity contribution >= 4 is 33.0 Å². The number of pyridine rings is 1. The molecule has 0 saturated carbocycles. The predicted molar refractivity (Wildman–Crippen MR) is 101 cm³/mol. The van der Waals surface area contributed by atoms with Crippen molar-refractivity contribution in [1.82, 2.24) is 13.9 Å². The summed E-state index contributed by atoms with van der Waals surface area (Å²) in [6.07, 6.45) is 6.05. The largest absolute Gasteiger partial charge is 0.345 e. The van der Waals surface area contributed by atoms with Gasteiger partial charge in [-0.15, -0.1) is 0 Å². The quantitative estimate of drug-likeness (QED) is 0.663. The lowest BCUT2D eigenvalue weighted by Crippen LogP contribution is -2.18. The van der Waals surface area contributed by atoms with Crippen molar-refractivity contribution in [2.75, 3.05) is 14.1 Å². The Labute approximate surface area is 152 Å². The highest BCUT2D eigenvalue weighted by Crippen LogP contribution is 2.25.